The number of nitrogens with one attached hydrogen (secondary N) is 1. The lowest BCUT2D eigenvalue weighted by Crippen LogP contribution is -2.16. The molecule has 0 aliphatic carbocycles. The van der Waals surface area contributed by atoms with Crippen LogP contribution >= 0.6 is 11.6 Å². The molecule has 2 rings (SSSR count). The van der Waals surface area contributed by atoms with Crippen LogP contribution in [-0.4, -0.2) is 11.0 Å². The molecule has 2 aromatic rings. The molecule has 1 atom stereocenters. The highest BCUT2D eigenvalue weighted by molar-refractivity contribution is 6.30. The fourth-order valence-corrected chi connectivity index (χ4v) is 1.93. The van der Waals surface area contributed by atoms with Crippen LogP contribution < -0.4 is 5.32 Å². The van der Waals surface area contributed by atoms with Crippen LogP contribution in [0.2, 0.25) is 5.02 Å². The van der Waals surface area contributed by atoms with E-state index in [9.17, 15) is 14.9 Å². The number of carbonyl (C=O) groups excluding carboxylic acids is 1. The number of ether oxygens (including phenoxy) is 1. The van der Waals surface area contributed by atoms with Gasteiger partial charge in [0, 0.05) is 22.8 Å². The second-order valence-corrected chi connectivity index (χ2v) is 4.97. The molecule has 1 N–H and O–H groups in total. The zero-order chi connectivity index (χ0) is 16.1. The number of halogens is 1. The van der Waals surface area contributed by atoms with Crippen LogP contribution in [0.4, 0.5) is 16.2 Å². The van der Waals surface area contributed by atoms with Crippen molar-refractivity contribution < 1.29 is 14.5 Å². The third-order valence-electron chi connectivity index (χ3n) is 2.92. The average molecular weight is 321 g/mol. The van der Waals surface area contributed by atoms with Gasteiger partial charge in [0.2, 0.25) is 0 Å². The summed E-state index contributed by atoms with van der Waals surface area (Å²) in [5.41, 5.74) is 1.03. The molecule has 0 spiro atoms. The van der Waals surface area contributed by atoms with Crippen molar-refractivity contribution in [3.05, 3.63) is 69.2 Å². The molecule has 0 aliphatic rings. The van der Waals surface area contributed by atoms with Gasteiger partial charge in [0.25, 0.3) is 5.69 Å². The number of benzene rings is 2. The van der Waals surface area contributed by atoms with Crippen molar-refractivity contribution in [1.82, 2.24) is 0 Å². The Kier molecular flexibility index (Phi) is 4.95. The number of nitrogens with zero attached hydrogens (tertiary/aromatic N) is 1. The number of hydrogen-bond donors (Lipinski definition) is 1. The molecule has 0 aromatic heterocycles. The second kappa shape index (κ2) is 6.91. The summed E-state index contributed by atoms with van der Waals surface area (Å²) in [6.07, 6.45) is -1.27. The second-order valence-electron chi connectivity index (χ2n) is 4.53. The lowest BCUT2D eigenvalue weighted by Gasteiger charge is -2.14. The number of non-ortho nitro benzene ring substituents is 1. The standard InChI is InChI=1S/C15H13ClN2O4/c1-10(11-3-2-4-14(9-11)18(20)21)22-15(19)17-13-7-5-12(16)6-8-13/h2-10H,1H3,(H,17,19). The van der Waals surface area contributed by atoms with Crippen LogP contribution in [0.1, 0.15) is 18.6 Å². The van der Waals surface area contributed by atoms with Crippen molar-refractivity contribution >= 4 is 29.1 Å². The van der Waals surface area contributed by atoms with Gasteiger partial charge in [-0.2, -0.15) is 0 Å². The summed E-state index contributed by atoms with van der Waals surface area (Å²) < 4.78 is 5.20. The summed E-state index contributed by atoms with van der Waals surface area (Å²) in [6, 6.07) is 12.5. The van der Waals surface area contributed by atoms with E-state index in [4.69, 9.17) is 16.3 Å². The average Bonchev–Trinajstić information content (AvgIpc) is 2.49. The Bertz CT molecular complexity index is 688. The topological polar surface area (TPSA) is 81.5 Å². The lowest BCUT2D eigenvalue weighted by atomic mass is 10.1. The minimum atomic E-state index is -0.652. The number of hydrogen-bond acceptors (Lipinski definition) is 4. The van der Waals surface area contributed by atoms with Crippen molar-refractivity contribution in [2.45, 2.75) is 13.0 Å². The van der Waals surface area contributed by atoms with Crippen molar-refractivity contribution in [3.63, 3.8) is 0 Å². The first-order valence-corrected chi connectivity index (χ1v) is 6.81. The Hall–Kier alpha value is -2.60. The van der Waals surface area contributed by atoms with E-state index in [1.165, 1.54) is 12.1 Å². The minimum Gasteiger partial charge on any atom is -0.441 e. The highest BCUT2D eigenvalue weighted by atomic mass is 35.5. The third-order valence-corrected chi connectivity index (χ3v) is 3.18. The van der Waals surface area contributed by atoms with E-state index >= 15 is 0 Å². The number of amides is 1. The minimum absolute atomic E-state index is 0.0499. The van der Waals surface area contributed by atoms with Crippen molar-refractivity contribution in [2.75, 3.05) is 5.32 Å². The highest BCUT2D eigenvalue weighted by Gasteiger charge is 2.15. The summed E-state index contributed by atoms with van der Waals surface area (Å²) in [6.45, 7) is 1.64. The quantitative estimate of drug-likeness (QED) is 0.661. The smallest absolute Gasteiger partial charge is 0.412 e. The van der Waals surface area contributed by atoms with Gasteiger partial charge >= 0.3 is 6.09 Å². The van der Waals surface area contributed by atoms with E-state index in [-0.39, 0.29) is 5.69 Å². The maximum atomic E-state index is 11.8. The lowest BCUT2D eigenvalue weighted by molar-refractivity contribution is -0.385. The number of carbonyl (C=O) groups is 1. The van der Waals surface area contributed by atoms with Crippen LogP contribution in [0.5, 0.6) is 0 Å². The molecular weight excluding hydrogens is 308 g/mol. The van der Waals surface area contributed by atoms with Gasteiger partial charge in [0.05, 0.1) is 4.92 Å². The zero-order valence-corrected chi connectivity index (χ0v) is 12.4. The summed E-state index contributed by atoms with van der Waals surface area (Å²) >= 11 is 5.75. The fourth-order valence-electron chi connectivity index (χ4n) is 1.80. The number of nitro benzene ring substituents is 1. The number of rotatable bonds is 4. The van der Waals surface area contributed by atoms with Gasteiger partial charge in [-0.25, -0.2) is 4.79 Å². The molecule has 0 bridgehead atoms. The van der Waals surface area contributed by atoms with E-state index in [1.54, 1.807) is 43.3 Å². The maximum absolute atomic E-state index is 11.8. The molecule has 0 saturated carbocycles. The van der Waals surface area contributed by atoms with Gasteiger partial charge in [-0.3, -0.25) is 15.4 Å². The summed E-state index contributed by atoms with van der Waals surface area (Å²) in [4.78, 5) is 22.0. The molecule has 0 saturated heterocycles. The Morgan fingerprint density at radius 2 is 1.95 bits per heavy atom. The molecule has 0 fully saturated rings. The van der Waals surface area contributed by atoms with Gasteiger partial charge in [-0.05, 0) is 36.8 Å². The van der Waals surface area contributed by atoms with Crippen LogP contribution in [0.25, 0.3) is 0 Å². The van der Waals surface area contributed by atoms with Gasteiger partial charge in [0.1, 0.15) is 6.10 Å². The van der Waals surface area contributed by atoms with Gasteiger partial charge < -0.3 is 4.74 Å². The van der Waals surface area contributed by atoms with Crippen molar-refractivity contribution in [2.24, 2.45) is 0 Å². The Morgan fingerprint density at radius 1 is 1.27 bits per heavy atom. The normalized spacial score (nSPS) is 11.5. The van der Waals surface area contributed by atoms with E-state index in [0.717, 1.165) is 0 Å². The first-order chi connectivity index (χ1) is 10.5. The van der Waals surface area contributed by atoms with Gasteiger partial charge in [-0.1, -0.05) is 23.7 Å². The molecule has 0 radical (unpaired) electrons. The molecule has 0 aliphatic heterocycles. The largest absolute Gasteiger partial charge is 0.441 e. The van der Waals surface area contributed by atoms with E-state index < -0.39 is 17.1 Å². The first-order valence-electron chi connectivity index (χ1n) is 6.43. The monoisotopic (exact) mass is 320 g/mol. The van der Waals surface area contributed by atoms with Crippen LogP contribution in [0, 0.1) is 10.1 Å². The fraction of sp³-hybridized carbons (Fsp3) is 0.133. The van der Waals surface area contributed by atoms with Gasteiger partial charge in [-0.15, -0.1) is 0 Å². The molecule has 7 heteroatoms. The Labute approximate surface area is 131 Å². The Balaban J connectivity index is 2.00. The van der Waals surface area contributed by atoms with Crippen molar-refractivity contribution in [3.8, 4) is 0 Å². The molecule has 0 heterocycles. The molecule has 2 aromatic carbocycles. The maximum Gasteiger partial charge on any atom is 0.412 e. The van der Waals surface area contributed by atoms with Crippen molar-refractivity contribution in [1.29, 1.82) is 0 Å². The molecule has 1 amide bonds. The van der Waals surface area contributed by atoms with E-state index in [1.807, 2.05) is 0 Å². The zero-order valence-electron chi connectivity index (χ0n) is 11.7. The molecule has 6 nitrogen and oxygen atoms in total. The number of anilines is 1. The predicted molar refractivity (Wildman–Crippen MR) is 83.1 cm³/mol. The van der Waals surface area contributed by atoms with Crippen LogP contribution in [0.3, 0.4) is 0 Å². The molecule has 22 heavy (non-hydrogen) atoms. The molecule has 1 unspecified atom stereocenters. The summed E-state index contributed by atoms with van der Waals surface area (Å²) in [7, 11) is 0. The predicted octanol–water partition coefficient (Wildman–Crippen LogP) is 4.56. The Morgan fingerprint density at radius 3 is 2.59 bits per heavy atom. The summed E-state index contributed by atoms with van der Waals surface area (Å²) in [5, 5.41) is 13.9. The molecular formula is C15H13ClN2O4. The summed E-state index contributed by atoms with van der Waals surface area (Å²) in [5.74, 6) is 0. The highest BCUT2D eigenvalue weighted by Crippen LogP contribution is 2.22. The number of nitro groups is 1. The van der Waals surface area contributed by atoms with E-state index in [0.29, 0.717) is 16.3 Å². The van der Waals surface area contributed by atoms with Gasteiger partial charge in [0.15, 0.2) is 0 Å². The first kappa shape index (κ1) is 15.8. The van der Waals surface area contributed by atoms with Crippen LogP contribution in [0.15, 0.2) is 48.5 Å². The van der Waals surface area contributed by atoms with Crippen LogP contribution in [-0.2, 0) is 4.74 Å². The molecule has 114 valence electrons. The third kappa shape index (κ3) is 4.20. The van der Waals surface area contributed by atoms with E-state index in [2.05, 4.69) is 5.32 Å². The SMILES string of the molecule is CC(OC(=O)Nc1ccc(Cl)cc1)c1cccc([N+](=O)[O-])c1.